The fourth-order valence-electron chi connectivity index (χ4n) is 3.40. The van der Waals surface area contributed by atoms with Crippen molar-refractivity contribution in [3.63, 3.8) is 0 Å². The minimum atomic E-state index is 0.746. The second-order valence-electron chi connectivity index (χ2n) is 6.48. The molecule has 0 atom stereocenters. The fourth-order valence-corrected chi connectivity index (χ4v) is 3.40. The molecule has 5 rings (SSSR count). The summed E-state index contributed by atoms with van der Waals surface area (Å²) in [4.78, 5) is 0. The maximum Gasteiger partial charge on any atom is 0.122 e. The van der Waals surface area contributed by atoms with Crippen LogP contribution in [-0.2, 0) is 0 Å². The zero-order valence-corrected chi connectivity index (χ0v) is 15.0. The van der Waals surface area contributed by atoms with E-state index in [-0.39, 0.29) is 0 Å². The molecule has 0 unspecified atom stereocenters. The first-order valence-electron chi connectivity index (χ1n) is 9.10. The average molecular weight is 360 g/mol. The normalized spacial score (nSPS) is 13.3. The Morgan fingerprint density at radius 2 is 0.857 bits per heavy atom. The monoisotopic (exact) mass is 360 g/mol. The van der Waals surface area contributed by atoms with Gasteiger partial charge in [-0.25, -0.2) is 0 Å². The Morgan fingerprint density at radius 1 is 0.393 bits per heavy atom. The Bertz CT molecular complexity index is 1150. The molecule has 0 saturated heterocycles. The van der Waals surface area contributed by atoms with Crippen molar-refractivity contribution in [1.82, 2.24) is 0 Å². The van der Waals surface area contributed by atoms with Crippen molar-refractivity contribution >= 4 is 33.5 Å². The van der Waals surface area contributed by atoms with Crippen LogP contribution in [0.5, 0.6) is 0 Å². The summed E-state index contributed by atoms with van der Waals surface area (Å²) in [5.74, 6) is 0. The largest absolute Gasteiger partial charge is 0.150 e. The first-order valence-corrected chi connectivity index (χ1v) is 9.10. The number of rotatable bonds is 4. The quantitative estimate of drug-likeness (QED) is 0.337. The van der Waals surface area contributed by atoms with Gasteiger partial charge in [-0.05, 0) is 29.7 Å². The van der Waals surface area contributed by atoms with Crippen molar-refractivity contribution in [2.24, 2.45) is 20.5 Å². The molecule has 0 saturated carbocycles. The predicted octanol–water partition coefficient (Wildman–Crippen LogP) is 7.55. The highest BCUT2D eigenvalue weighted by Crippen LogP contribution is 2.44. The average Bonchev–Trinajstić information content (AvgIpc) is 3.07. The lowest BCUT2D eigenvalue weighted by Gasteiger charge is -2.01. The van der Waals surface area contributed by atoms with Crippen molar-refractivity contribution in [3.8, 4) is 0 Å². The summed E-state index contributed by atoms with van der Waals surface area (Å²) < 4.78 is 0. The zero-order chi connectivity index (χ0) is 18.8. The SMILES string of the molecule is c1ccc(N=NC2=C(N=Nc3ccccc3)c3cccc4cccc2c34)cc1. The molecule has 0 spiro atoms. The molecule has 0 heterocycles. The Kier molecular flexibility index (Phi) is 4.07. The third-order valence-electron chi connectivity index (χ3n) is 4.68. The van der Waals surface area contributed by atoms with E-state index in [1.807, 2.05) is 72.8 Å². The molecule has 0 radical (unpaired) electrons. The van der Waals surface area contributed by atoms with Crippen LogP contribution in [0.2, 0.25) is 0 Å². The van der Waals surface area contributed by atoms with Gasteiger partial charge in [-0.2, -0.15) is 10.2 Å². The van der Waals surface area contributed by atoms with Gasteiger partial charge in [-0.3, -0.25) is 0 Å². The third-order valence-corrected chi connectivity index (χ3v) is 4.68. The molecule has 4 nitrogen and oxygen atoms in total. The van der Waals surface area contributed by atoms with Gasteiger partial charge < -0.3 is 0 Å². The topological polar surface area (TPSA) is 49.4 Å². The van der Waals surface area contributed by atoms with Crippen LogP contribution in [0.3, 0.4) is 0 Å². The van der Waals surface area contributed by atoms with Gasteiger partial charge in [0.15, 0.2) is 0 Å². The smallest absolute Gasteiger partial charge is 0.122 e. The van der Waals surface area contributed by atoms with E-state index < -0.39 is 0 Å². The number of hydrogen-bond donors (Lipinski definition) is 0. The van der Waals surface area contributed by atoms with Crippen LogP contribution < -0.4 is 0 Å². The van der Waals surface area contributed by atoms with Crippen LogP contribution in [-0.4, -0.2) is 0 Å². The summed E-state index contributed by atoms with van der Waals surface area (Å²) in [6, 6.07) is 31.8. The van der Waals surface area contributed by atoms with Crippen LogP contribution in [0.25, 0.3) is 22.2 Å². The summed E-state index contributed by atoms with van der Waals surface area (Å²) in [7, 11) is 0. The van der Waals surface area contributed by atoms with E-state index >= 15 is 0 Å². The second-order valence-corrected chi connectivity index (χ2v) is 6.48. The molecule has 28 heavy (non-hydrogen) atoms. The molecule has 132 valence electrons. The van der Waals surface area contributed by atoms with Gasteiger partial charge in [-0.1, -0.05) is 72.8 Å². The van der Waals surface area contributed by atoms with Crippen LogP contribution in [0.1, 0.15) is 11.1 Å². The highest BCUT2D eigenvalue weighted by Gasteiger charge is 2.24. The van der Waals surface area contributed by atoms with Gasteiger partial charge >= 0.3 is 0 Å². The standard InChI is InChI=1S/C24H16N4/c1-3-11-18(12-4-1)25-27-23-20-15-7-9-17-10-8-16-21(22(17)20)24(23)28-26-19-13-5-2-6-14-19/h1-16H. The van der Waals surface area contributed by atoms with Crippen LogP contribution in [0, 0.1) is 0 Å². The van der Waals surface area contributed by atoms with E-state index in [4.69, 9.17) is 0 Å². The van der Waals surface area contributed by atoms with E-state index in [1.165, 1.54) is 0 Å². The molecule has 1 aliphatic rings. The molecular weight excluding hydrogens is 344 g/mol. The highest BCUT2D eigenvalue weighted by atomic mass is 15.2. The van der Waals surface area contributed by atoms with Gasteiger partial charge in [-0.15, -0.1) is 10.2 Å². The van der Waals surface area contributed by atoms with Gasteiger partial charge in [0.1, 0.15) is 11.4 Å². The van der Waals surface area contributed by atoms with E-state index in [9.17, 15) is 0 Å². The van der Waals surface area contributed by atoms with Crippen molar-refractivity contribution < 1.29 is 0 Å². The molecule has 4 aromatic carbocycles. The van der Waals surface area contributed by atoms with Gasteiger partial charge in [0, 0.05) is 16.5 Å². The maximum atomic E-state index is 4.58. The van der Waals surface area contributed by atoms with Gasteiger partial charge in [0.2, 0.25) is 0 Å². The molecule has 0 bridgehead atoms. The number of hydrogen-bond acceptors (Lipinski definition) is 4. The minimum absolute atomic E-state index is 0.746. The molecular formula is C24H16N4. The Balaban J connectivity index is 1.67. The van der Waals surface area contributed by atoms with E-state index in [0.717, 1.165) is 44.7 Å². The molecule has 0 amide bonds. The number of benzene rings is 4. The summed E-state index contributed by atoms with van der Waals surface area (Å²) in [6.07, 6.45) is 0. The Hall–Kier alpha value is -3.92. The Labute approximate surface area is 162 Å². The van der Waals surface area contributed by atoms with Gasteiger partial charge in [0.05, 0.1) is 11.4 Å². The van der Waals surface area contributed by atoms with E-state index in [2.05, 4.69) is 44.7 Å². The van der Waals surface area contributed by atoms with Crippen molar-refractivity contribution in [3.05, 3.63) is 108 Å². The molecule has 0 aromatic heterocycles. The summed E-state index contributed by atoms with van der Waals surface area (Å²) >= 11 is 0. The lowest BCUT2D eigenvalue weighted by atomic mass is 10.0. The van der Waals surface area contributed by atoms with Gasteiger partial charge in [0.25, 0.3) is 0 Å². The summed E-state index contributed by atoms with van der Waals surface area (Å²) in [5.41, 5.74) is 5.17. The van der Waals surface area contributed by atoms with E-state index in [0.29, 0.717) is 0 Å². The van der Waals surface area contributed by atoms with E-state index in [1.54, 1.807) is 0 Å². The molecule has 1 aliphatic carbocycles. The maximum absolute atomic E-state index is 4.58. The lowest BCUT2D eigenvalue weighted by Crippen LogP contribution is -1.79. The summed E-state index contributed by atoms with van der Waals surface area (Å²) in [6.45, 7) is 0. The molecule has 4 aromatic rings. The van der Waals surface area contributed by atoms with Crippen LogP contribution >= 0.6 is 0 Å². The molecule has 0 N–H and O–H groups in total. The van der Waals surface area contributed by atoms with Crippen molar-refractivity contribution in [2.75, 3.05) is 0 Å². The third kappa shape index (κ3) is 2.91. The minimum Gasteiger partial charge on any atom is -0.150 e. The molecule has 4 heteroatoms. The number of azo groups is 2. The fraction of sp³-hybridized carbons (Fsp3) is 0. The highest BCUT2D eigenvalue weighted by molar-refractivity contribution is 6.13. The van der Waals surface area contributed by atoms with Crippen molar-refractivity contribution in [1.29, 1.82) is 0 Å². The van der Waals surface area contributed by atoms with Crippen LogP contribution in [0.4, 0.5) is 11.4 Å². The van der Waals surface area contributed by atoms with Crippen molar-refractivity contribution in [2.45, 2.75) is 0 Å². The molecule has 0 aliphatic heterocycles. The number of nitrogens with zero attached hydrogens (tertiary/aromatic N) is 4. The zero-order valence-electron chi connectivity index (χ0n) is 15.0. The van der Waals surface area contributed by atoms with Crippen LogP contribution in [0.15, 0.2) is 118 Å². The molecule has 0 fully saturated rings. The first kappa shape index (κ1) is 16.3. The predicted molar refractivity (Wildman–Crippen MR) is 113 cm³/mol. The summed E-state index contributed by atoms with van der Waals surface area (Å²) in [5, 5.41) is 20.3. The Morgan fingerprint density at radius 3 is 1.32 bits per heavy atom. The first-order chi connectivity index (χ1) is 13.9. The second kappa shape index (κ2) is 7.00. The lowest BCUT2D eigenvalue weighted by molar-refractivity contribution is 1.21.